The standard InChI is InChI=1S/C13H14ClN3OS/c14-8-4-5-11-10(7-8)16-13(19-11)17-12(18)9-3-1-2-6-15-9/h4-5,7,9,15H,1-3,6H2,(H,16,17,18)/t9-/m0/s1. The van der Waals surface area contributed by atoms with E-state index in [4.69, 9.17) is 11.6 Å². The number of nitrogens with zero attached hydrogens (tertiary/aromatic N) is 1. The van der Waals surface area contributed by atoms with Crippen LogP contribution in [0.15, 0.2) is 18.2 Å². The maximum absolute atomic E-state index is 12.1. The second-order valence-electron chi connectivity index (χ2n) is 4.62. The van der Waals surface area contributed by atoms with Crippen LogP contribution in [0.4, 0.5) is 5.13 Å². The van der Waals surface area contributed by atoms with Gasteiger partial charge in [-0.25, -0.2) is 4.98 Å². The monoisotopic (exact) mass is 295 g/mol. The van der Waals surface area contributed by atoms with Crippen LogP contribution in [0.2, 0.25) is 5.02 Å². The molecule has 1 amide bonds. The Morgan fingerprint density at radius 1 is 1.47 bits per heavy atom. The molecule has 0 aliphatic carbocycles. The lowest BCUT2D eigenvalue weighted by molar-refractivity contribution is -0.118. The van der Waals surface area contributed by atoms with E-state index in [1.165, 1.54) is 11.3 Å². The number of nitrogens with one attached hydrogen (secondary N) is 2. The average Bonchev–Trinajstić information content (AvgIpc) is 2.81. The molecule has 1 aromatic carbocycles. The van der Waals surface area contributed by atoms with E-state index in [1.54, 1.807) is 0 Å². The van der Waals surface area contributed by atoms with Crippen molar-refractivity contribution in [2.45, 2.75) is 25.3 Å². The van der Waals surface area contributed by atoms with E-state index in [9.17, 15) is 4.79 Å². The Morgan fingerprint density at radius 3 is 3.16 bits per heavy atom. The van der Waals surface area contributed by atoms with Crippen molar-refractivity contribution in [2.24, 2.45) is 0 Å². The number of carbonyl (C=O) groups is 1. The number of halogens is 1. The Balaban J connectivity index is 1.75. The molecule has 6 heteroatoms. The lowest BCUT2D eigenvalue weighted by Gasteiger charge is -2.21. The number of fused-ring (bicyclic) bond motifs is 1. The molecule has 4 nitrogen and oxygen atoms in total. The molecular weight excluding hydrogens is 282 g/mol. The number of aromatic nitrogens is 1. The predicted molar refractivity (Wildman–Crippen MR) is 78.9 cm³/mol. The molecule has 0 radical (unpaired) electrons. The Labute approximate surface area is 120 Å². The van der Waals surface area contributed by atoms with Gasteiger partial charge >= 0.3 is 0 Å². The Kier molecular flexibility index (Phi) is 3.68. The molecule has 0 bridgehead atoms. The van der Waals surface area contributed by atoms with Gasteiger partial charge in [-0.1, -0.05) is 29.4 Å². The molecule has 2 aromatic rings. The van der Waals surface area contributed by atoms with Crippen LogP contribution >= 0.6 is 22.9 Å². The van der Waals surface area contributed by atoms with Crippen LogP contribution in [0.3, 0.4) is 0 Å². The van der Waals surface area contributed by atoms with Crippen molar-refractivity contribution in [2.75, 3.05) is 11.9 Å². The van der Waals surface area contributed by atoms with E-state index in [2.05, 4.69) is 15.6 Å². The summed E-state index contributed by atoms with van der Waals surface area (Å²) in [4.78, 5) is 16.5. The zero-order chi connectivity index (χ0) is 13.2. The SMILES string of the molecule is O=C(Nc1nc2cc(Cl)ccc2s1)[C@@H]1CCCCN1. The Bertz CT molecular complexity index is 607. The molecule has 100 valence electrons. The minimum Gasteiger partial charge on any atom is -0.306 e. The molecule has 19 heavy (non-hydrogen) atoms. The van der Waals surface area contributed by atoms with Gasteiger partial charge in [-0.3, -0.25) is 4.79 Å². The minimum atomic E-state index is -0.0932. The zero-order valence-corrected chi connectivity index (χ0v) is 11.9. The van der Waals surface area contributed by atoms with Crippen molar-refractivity contribution in [3.63, 3.8) is 0 Å². The lowest BCUT2D eigenvalue weighted by atomic mass is 10.0. The van der Waals surface area contributed by atoms with Gasteiger partial charge in [0.25, 0.3) is 0 Å². The number of benzene rings is 1. The van der Waals surface area contributed by atoms with E-state index < -0.39 is 0 Å². The molecule has 0 spiro atoms. The summed E-state index contributed by atoms with van der Waals surface area (Å²) in [7, 11) is 0. The number of hydrogen-bond donors (Lipinski definition) is 2. The summed E-state index contributed by atoms with van der Waals surface area (Å²) >= 11 is 7.39. The predicted octanol–water partition coefficient (Wildman–Crippen LogP) is 3.03. The first-order valence-corrected chi connectivity index (χ1v) is 7.52. The quantitative estimate of drug-likeness (QED) is 0.895. The van der Waals surface area contributed by atoms with Crippen LogP contribution in [-0.2, 0) is 4.79 Å². The first-order valence-electron chi connectivity index (χ1n) is 6.33. The molecule has 1 fully saturated rings. The number of rotatable bonds is 2. The summed E-state index contributed by atoms with van der Waals surface area (Å²) in [6.45, 7) is 0.910. The van der Waals surface area contributed by atoms with Crippen molar-refractivity contribution in [3.8, 4) is 0 Å². The van der Waals surface area contributed by atoms with Crippen molar-refractivity contribution in [1.29, 1.82) is 0 Å². The van der Waals surface area contributed by atoms with Gasteiger partial charge in [-0.2, -0.15) is 0 Å². The normalized spacial score (nSPS) is 19.5. The van der Waals surface area contributed by atoms with Crippen LogP contribution in [0.5, 0.6) is 0 Å². The first-order chi connectivity index (χ1) is 9.22. The number of hydrogen-bond acceptors (Lipinski definition) is 4. The summed E-state index contributed by atoms with van der Waals surface area (Å²) in [6.07, 6.45) is 3.13. The van der Waals surface area contributed by atoms with Gasteiger partial charge in [0, 0.05) is 5.02 Å². The first kappa shape index (κ1) is 12.8. The van der Waals surface area contributed by atoms with Gasteiger partial charge < -0.3 is 10.6 Å². The fraction of sp³-hybridized carbons (Fsp3) is 0.385. The molecule has 2 N–H and O–H groups in total. The molecule has 0 saturated carbocycles. The molecule has 1 aromatic heterocycles. The third-order valence-electron chi connectivity index (χ3n) is 3.21. The fourth-order valence-corrected chi connectivity index (χ4v) is 3.24. The topological polar surface area (TPSA) is 54.0 Å². The Hall–Kier alpha value is -1.17. The molecule has 1 saturated heterocycles. The molecule has 3 rings (SSSR count). The van der Waals surface area contributed by atoms with Gasteiger partial charge in [0.1, 0.15) is 0 Å². The van der Waals surface area contributed by atoms with Crippen molar-refractivity contribution in [3.05, 3.63) is 23.2 Å². The summed E-state index contributed by atoms with van der Waals surface area (Å²) in [5.41, 5.74) is 0.824. The van der Waals surface area contributed by atoms with Gasteiger partial charge in [-0.15, -0.1) is 0 Å². The number of piperidine rings is 1. The molecule has 1 aliphatic heterocycles. The maximum atomic E-state index is 12.1. The highest BCUT2D eigenvalue weighted by atomic mass is 35.5. The van der Waals surface area contributed by atoms with Gasteiger partial charge in [0.15, 0.2) is 5.13 Å². The van der Waals surface area contributed by atoms with E-state index in [0.29, 0.717) is 10.2 Å². The van der Waals surface area contributed by atoms with Crippen LogP contribution < -0.4 is 10.6 Å². The number of thiazole rings is 1. The van der Waals surface area contributed by atoms with E-state index >= 15 is 0 Å². The summed E-state index contributed by atoms with van der Waals surface area (Å²) in [6, 6.07) is 5.46. The number of amides is 1. The summed E-state index contributed by atoms with van der Waals surface area (Å²) < 4.78 is 1.02. The molecule has 0 unspecified atom stereocenters. The van der Waals surface area contributed by atoms with E-state index in [0.717, 1.165) is 36.0 Å². The van der Waals surface area contributed by atoms with E-state index in [-0.39, 0.29) is 11.9 Å². The van der Waals surface area contributed by atoms with Crippen LogP contribution in [0.1, 0.15) is 19.3 Å². The number of carbonyl (C=O) groups excluding carboxylic acids is 1. The maximum Gasteiger partial charge on any atom is 0.243 e. The highest BCUT2D eigenvalue weighted by Crippen LogP contribution is 2.28. The largest absolute Gasteiger partial charge is 0.306 e. The van der Waals surface area contributed by atoms with Crippen LogP contribution in [0.25, 0.3) is 10.2 Å². The van der Waals surface area contributed by atoms with Crippen molar-refractivity contribution >= 4 is 44.2 Å². The molecule has 1 aliphatic rings. The van der Waals surface area contributed by atoms with Crippen molar-refractivity contribution < 1.29 is 4.79 Å². The smallest absolute Gasteiger partial charge is 0.243 e. The van der Waals surface area contributed by atoms with Gasteiger partial charge in [0.05, 0.1) is 16.3 Å². The minimum absolute atomic E-state index is 0.00449. The molecule has 1 atom stereocenters. The summed E-state index contributed by atoms with van der Waals surface area (Å²) in [5.74, 6) is 0.00449. The third-order valence-corrected chi connectivity index (χ3v) is 4.39. The lowest BCUT2D eigenvalue weighted by Crippen LogP contribution is -2.43. The average molecular weight is 296 g/mol. The molecular formula is C13H14ClN3OS. The zero-order valence-electron chi connectivity index (χ0n) is 10.3. The van der Waals surface area contributed by atoms with E-state index in [1.807, 2.05) is 18.2 Å². The van der Waals surface area contributed by atoms with Crippen molar-refractivity contribution in [1.82, 2.24) is 10.3 Å². The highest BCUT2D eigenvalue weighted by Gasteiger charge is 2.21. The number of anilines is 1. The third kappa shape index (κ3) is 2.88. The summed E-state index contributed by atoms with van der Waals surface area (Å²) in [5, 5.41) is 7.40. The van der Waals surface area contributed by atoms with Crippen LogP contribution in [0, 0.1) is 0 Å². The second kappa shape index (κ2) is 5.45. The highest BCUT2D eigenvalue weighted by molar-refractivity contribution is 7.22. The van der Waals surface area contributed by atoms with Crippen LogP contribution in [-0.4, -0.2) is 23.5 Å². The fourth-order valence-electron chi connectivity index (χ4n) is 2.22. The van der Waals surface area contributed by atoms with Gasteiger partial charge in [-0.05, 0) is 37.6 Å². The second-order valence-corrected chi connectivity index (χ2v) is 6.09. The molecule has 2 heterocycles. The van der Waals surface area contributed by atoms with Gasteiger partial charge in [0.2, 0.25) is 5.91 Å². The Morgan fingerprint density at radius 2 is 2.37 bits per heavy atom.